The summed E-state index contributed by atoms with van der Waals surface area (Å²) < 4.78 is 49.0. The Kier molecular flexibility index (Phi) is 5.45. The first-order valence-electron chi connectivity index (χ1n) is 10.7. The molecule has 3 aromatic rings. The highest BCUT2D eigenvalue weighted by Crippen LogP contribution is 2.54. The second-order valence-electron chi connectivity index (χ2n) is 8.42. The number of ether oxygens (including phenoxy) is 1. The van der Waals surface area contributed by atoms with Crippen molar-refractivity contribution >= 4 is 11.6 Å². The van der Waals surface area contributed by atoms with E-state index < -0.39 is 52.4 Å². The van der Waals surface area contributed by atoms with Gasteiger partial charge in [0.2, 0.25) is 0 Å². The lowest BCUT2D eigenvalue weighted by Crippen LogP contribution is -2.35. The summed E-state index contributed by atoms with van der Waals surface area (Å²) in [7, 11) is 0. The van der Waals surface area contributed by atoms with Crippen molar-refractivity contribution in [2.75, 3.05) is 5.32 Å². The van der Waals surface area contributed by atoms with Crippen LogP contribution < -0.4 is 5.32 Å². The van der Waals surface area contributed by atoms with Gasteiger partial charge in [-0.3, -0.25) is 9.78 Å². The third kappa shape index (κ3) is 3.86. The minimum atomic E-state index is -0.998. The molecule has 1 aliphatic heterocycles. The number of amides is 1. The van der Waals surface area contributed by atoms with Gasteiger partial charge in [0.05, 0.1) is 35.3 Å². The fourth-order valence-corrected chi connectivity index (χ4v) is 4.23. The number of anilines is 1. The Morgan fingerprint density at radius 3 is 2.56 bits per heavy atom. The molecule has 1 aromatic carbocycles. The summed E-state index contributed by atoms with van der Waals surface area (Å²) in [6, 6.07) is 6.83. The van der Waals surface area contributed by atoms with Crippen LogP contribution in [0.4, 0.5) is 18.9 Å². The van der Waals surface area contributed by atoms with Crippen LogP contribution in [0.2, 0.25) is 0 Å². The molecule has 1 saturated heterocycles. The van der Waals surface area contributed by atoms with Gasteiger partial charge < -0.3 is 15.2 Å². The van der Waals surface area contributed by atoms with E-state index in [1.807, 2.05) is 0 Å². The van der Waals surface area contributed by atoms with E-state index in [0.717, 1.165) is 43.2 Å². The molecule has 2 unspecified atom stereocenters. The third-order valence-electron chi connectivity index (χ3n) is 6.22. The number of pyridine rings is 2. The summed E-state index contributed by atoms with van der Waals surface area (Å²) >= 11 is 0. The molecule has 0 bridgehead atoms. The Hall–Kier alpha value is -3.56. The van der Waals surface area contributed by atoms with E-state index in [9.17, 15) is 23.1 Å². The van der Waals surface area contributed by atoms with Crippen molar-refractivity contribution in [3.05, 3.63) is 89.7 Å². The Morgan fingerprint density at radius 2 is 1.85 bits per heavy atom. The summed E-state index contributed by atoms with van der Waals surface area (Å²) in [5.74, 6) is -3.69. The smallest absolute Gasteiger partial charge is 0.274 e. The van der Waals surface area contributed by atoms with Gasteiger partial charge in [-0.25, -0.2) is 18.2 Å². The van der Waals surface area contributed by atoms with E-state index >= 15 is 0 Å². The van der Waals surface area contributed by atoms with Crippen LogP contribution in [-0.4, -0.2) is 32.7 Å². The first-order chi connectivity index (χ1) is 16.3. The normalized spacial score (nSPS) is 20.9. The molecule has 174 valence electrons. The van der Waals surface area contributed by atoms with Crippen molar-refractivity contribution in [2.45, 2.75) is 37.1 Å². The van der Waals surface area contributed by atoms with Crippen molar-refractivity contribution in [2.24, 2.45) is 0 Å². The quantitative estimate of drug-likeness (QED) is 0.543. The molecule has 0 radical (unpaired) electrons. The summed E-state index contributed by atoms with van der Waals surface area (Å²) in [5, 5.41) is 13.1. The molecule has 2 atom stereocenters. The number of rotatable bonds is 4. The highest BCUT2D eigenvalue weighted by atomic mass is 19.1. The lowest BCUT2D eigenvalue weighted by Gasteiger charge is -2.36. The fraction of sp³-hybridized carbons (Fsp3) is 0.240. The van der Waals surface area contributed by atoms with Gasteiger partial charge in [-0.1, -0.05) is 12.6 Å². The average molecular weight is 467 g/mol. The Morgan fingerprint density at radius 1 is 1.12 bits per heavy atom. The predicted octanol–water partition coefficient (Wildman–Crippen LogP) is 4.72. The molecule has 2 N–H and O–H groups in total. The molecular formula is C25H20F3N3O3. The number of aliphatic hydroxyl groups is 1. The van der Waals surface area contributed by atoms with Crippen molar-refractivity contribution in [3.63, 3.8) is 0 Å². The van der Waals surface area contributed by atoms with Crippen molar-refractivity contribution in [3.8, 4) is 11.3 Å². The fourth-order valence-electron chi connectivity index (χ4n) is 4.23. The number of nitrogens with zero attached hydrogens (tertiary/aromatic N) is 2. The SMILES string of the molecule is C=C1C(O)CC(c2ccncc2NC(=O)c2ccc(F)c(-c3c(F)cccc3F)n2)OC12CC2. The van der Waals surface area contributed by atoms with E-state index in [4.69, 9.17) is 4.74 Å². The maximum absolute atomic E-state index is 14.4. The lowest BCUT2D eigenvalue weighted by molar-refractivity contribution is -0.0722. The summed E-state index contributed by atoms with van der Waals surface area (Å²) in [6.45, 7) is 3.95. The number of carbonyl (C=O) groups excluding carboxylic acids is 1. The number of hydrogen-bond donors (Lipinski definition) is 2. The molecule has 3 heterocycles. The molecule has 1 spiro atoms. The largest absolute Gasteiger partial charge is 0.389 e. The minimum Gasteiger partial charge on any atom is -0.389 e. The van der Waals surface area contributed by atoms with Crippen LogP contribution in [0.5, 0.6) is 0 Å². The summed E-state index contributed by atoms with van der Waals surface area (Å²) in [4.78, 5) is 20.9. The van der Waals surface area contributed by atoms with Crippen LogP contribution in [0.3, 0.4) is 0 Å². The first-order valence-corrected chi connectivity index (χ1v) is 10.7. The molecule has 34 heavy (non-hydrogen) atoms. The molecule has 2 aliphatic rings. The monoisotopic (exact) mass is 467 g/mol. The van der Waals surface area contributed by atoms with E-state index in [1.165, 1.54) is 6.20 Å². The highest BCUT2D eigenvalue weighted by Gasteiger charge is 2.53. The van der Waals surface area contributed by atoms with Gasteiger partial charge in [0, 0.05) is 18.2 Å². The molecular weight excluding hydrogens is 447 g/mol. The van der Waals surface area contributed by atoms with Gasteiger partial charge in [0.15, 0.2) is 0 Å². The van der Waals surface area contributed by atoms with Gasteiger partial charge in [0.1, 0.15) is 28.8 Å². The molecule has 1 aliphatic carbocycles. The second kappa shape index (κ2) is 8.34. The topological polar surface area (TPSA) is 84.3 Å². The standard InChI is InChI=1S/C25H20F3N3O3/c1-13-20(32)11-21(34-25(13)8-9-25)14-7-10-29-12-19(14)31-24(33)18-6-5-17(28)23(30-18)22-15(26)3-2-4-16(22)27/h2-7,10,12,20-21,32H,1,8-9,11H2,(H,31,33). The van der Waals surface area contributed by atoms with Crippen LogP contribution in [0.15, 0.2) is 60.9 Å². The molecule has 6 nitrogen and oxygen atoms in total. The van der Waals surface area contributed by atoms with Crippen molar-refractivity contribution in [1.82, 2.24) is 9.97 Å². The number of aliphatic hydroxyl groups excluding tert-OH is 1. The number of aromatic nitrogens is 2. The number of halogens is 3. The van der Waals surface area contributed by atoms with E-state index in [2.05, 4.69) is 21.9 Å². The van der Waals surface area contributed by atoms with Crippen LogP contribution in [0, 0.1) is 17.5 Å². The highest BCUT2D eigenvalue weighted by molar-refractivity contribution is 6.03. The van der Waals surface area contributed by atoms with Gasteiger partial charge in [-0.15, -0.1) is 0 Å². The maximum Gasteiger partial charge on any atom is 0.274 e. The van der Waals surface area contributed by atoms with E-state index in [0.29, 0.717) is 16.8 Å². The zero-order chi connectivity index (χ0) is 24.0. The Labute approximate surface area is 193 Å². The predicted molar refractivity (Wildman–Crippen MR) is 117 cm³/mol. The van der Waals surface area contributed by atoms with Crippen molar-refractivity contribution < 1.29 is 27.8 Å². The van der Waals surface area contributed by atoms with E-state index in [-0.39, 0.29) is 12.1 Å². The average Bonchev–Trinajstić information content (AvgIpc) is 3.58. The van der Waals surface area contributed by atoms with Gasteiger partial charge in [-0.05, 0) is 48.7 Å². The zero-order valence-electron chi connectivity index (χ0n) is 17.9. The zero-order valence-corrected chi connectivity index (χ0v) is 17.9. The number of nitrogens with one attached hydrogen (secondary N) is 1. The van der Waals surface area contributed by atoms with Crippen LogP contribution >= 0.6 is 0 Å². The minimum absolute atomic E-state index is 0.245. The number of carbonyl (C=O) groups is 1. The molecule has 1 saturated carbocycles. The van der Waals surface area contributed by atoms with Crippen LogP contribution in [-0.2, 0) is 4.74 Å². The second-order valence-corrected chi connectivity index (χ2v) is 8.42. The summed E-state index contributed by atoms with van der Waals surface area (Å²) in [5.41, 5.74) is -0.484. The Balaban J connectivity index is 1.44. The first kappa shape index (κ1) is 22.2. The lowest BCUT2D eigenvalue weighted by atomic mass is 9.91. The summed E-state index contributed by atoms with van der Waals surface area (Å²) in [6.07, 6.45) is 3.51. The third-order valence-corrected chi connectivity index (χ3v) is 6.22. The molecule has 2 aromatic heterocycles. The van der Waals surface area contributed by atoms with E-state index in [1.54, 1.807) is 12.3 Å². The number of hydrogen-bond acceptors (Lipinski definition) is 5. The van der Waals surface area contributed by atoms with Crippen molar-refractivity contribution in [1.29, 1.82) is 0 Å². The van der Waals surface area contributed by atoms with Gasteiger partial charge in [-0.2, -0.15) is 0 Å². The molecule has 5 rings (SSSR count). The van der Waals surface area contributed by atoms with Gasteiger partial charge in [0.25, 0.3) is 5.91 Å². The Bertz CT molecular complexity index is 1290. The van der Waals surface area contributed by atoms with Crippen LogP contribution in [0.1, 0.15) is 41.4 Å². The molecule has 2 fully saturated rings. The van der Waals surface area contributed by atoms with Crippen LogP contribution in [0.25, 0.3) is 11.3 Å². The molecule has 9 heteroatoms. The number of benzene rings is 1. The van der Waals surface area contributed by atoms with Gasteiger partial charge >= 0.3 is 0 Å². The maximum atomic E-state index is 14.4. The molecule has 1 amide bonds.